The van der Waals surface area contributed by atoms with Crippen molar-refractivity contribution in [1.29, 1.82) is 0 Å². The standard InChI is InChI=1S/C25H26Cl2N6O/c26-17-1-3-21-15(9-17)11-23(32(21)30-7-5-19(28)13-30)25(34)24-12-16-10-18(27)2-4-22(16)33(24)31-8-6-20(29)14-31/h1-4,9-12,19-20H,5-8,13-14,28-29H2. The summed E-state index contributed by atoms with van der Waals surface area (Å²) in [5.41, 5.74) is 15.5. The Hall–Kier alpha value is -2.71. The van der Waals surface area contributed by atoms with Crippen LogP contribution in [0.5, 0.6) is 0 Å². The minimum absolute atomic E-state index is 0.0689. The van der Waals surface area contributed by atoms with Crippen LogP contribution < -0.4 is 21.5 Å². The van der Waals surface area contributed by atoms with Gasteiger partial charge in [-0.1, -0.05) is 23.2 Å². The van der Waals surface area contributed by atoms with Gasteiger partial charge < -0.3 is 21.5 Å². The van der Waals surface area contributed by atoms with E-state index in [-0.39, 0.29) is 17.9 Å². The first-order chi connectivity index (χ1) is 16.4. The normalized spacial score (nSPS) is 20.8. The van der Waals surface area contributed by atoms with Crippen LogP contribution in [0.1, 0.15) is 29.0 Å². The SMILES string of the molecule is NC1CCN(n2c(C(=O)c3cc4cc(Cl)ccc4n3N3CCC(N)C3)cc3cc(Cl)ccc32)C1. The Morgan fingerprint density at radius 1 is 0.735 bits per heavy atom. The van der Waals surface area contributed by atoms with Crippen LogP contribution in [0.3, 0.4) is 0 Å². The second-order valence-corrected chi connectivity index (χ2v) is 10.2. The van der Waals surface area contributed by atoms with Crippen molar-refractivity contribution in [3.05, 3.63) is 70.0 Å². The van der Waals surface area contributed by atoms with E-state index in [4.69, 9.17) is 34.7 Å². The summed E-state index contributed by atoms with van der Waals surface area (Å²) in [5, 5.41) is 7.43. The van der Waals surface area contributed by atoms with E-state index in [1.165, 1.54) is 0 Å². The van der Waals surface area contributed by atoms with Gasteiger partial charge in [0.2, 0.25) is 5.78 Å². The Labute approximate surface area is 207 Å². The third kappa shape index (κ3) is 3.55. The van der Waals surface area contributed by atoms with Gasteiger partial charge in [-0.05, 0) is 61.4 Å². The molecule has 7 nitrogen and oxygen atoms in total. The van der Waals surface area contributed by atoms with Gasteiger partial charge in [-0.15, -0.1) is 0 Å². The molecule has 0 bridgehead atoms. The van der Waals surface area contributed by atoms with Crippen molar-refractivity contribution in [2.24, 2.45) is 11.5 Å². The average molecular weight is 497 g/mol. The van der Waals surface area contributed by atoms with Crippen LogP contribution in [0.2, 0.25) is 10.0 Å². The van der Waals surface area contributed by atoms with Gasteiger partial charge in [-0.2, -0.15) is 0 Å². The molecule has 2 aromatic heterocycles. The van der Waals surface area contributed by atoms with Gasteiger partial charge in [0.1, 0.15) is 11.4 Å². The molecule has 0 saturated carbocycles. The van der Waals surface area contributed by atoms with Crippen molar-refractivity contribution in [1.82, 2.24) is 9.35 Å². The molecular weight excluding hydrogens is 471 g/mol. The highest BCUT2D eigenvalue weighted by atomic mass is 35.5. The van der Waals surface area contributed by atoms with E-state index in [0.717, 1.165) is 47.7 Å². The van der Waals surface area contributed by atoms with E-state index < -0.39 is 0 Å². The van der Waals surface area contributed by atoms with Crippen LogP contribution in [-0.4, -0.2) is 53.4 Å². The van der Waals surface area contributed by atoms with Gasteiger partial charge in [0.25, 0.3) is 0 Å². The number of hydrogen-bond donors (Lipinski definition) is 2. The molecule has 9 heteroatoms. The number of benzene rings is 2. The molecule has 34 heavy (non-hydrogen) atoms. The number of carbonyl (C=O) groups is 1. The van der Waals surface area contributed by atoms with E-state index >= 15 is 0 Å². The minimum atomic E-state index is -0.0689. The fraction of sp³-hybridized carbons (Fsp3) is 0.320. The molecule has 4 aromatic rings. The Balaban J connectivity index is 1.55. The summed E-state index contributed by atoms with van der Waals surface area (Å²) >= 11 is 12.6. The van der Waals surface area contributed by atoms with Crippen molar-refractivity contribution in [2.75, 3.05) is 36.2 Å². The first-order valence-electron chi connectivity index (χ1n) is 11.6. The van der Waals surface area contributed by atoms with Crippen molar-refractivity contribution < 1.29 is 4.79 Å². The number of nitrogens with zero attached hydrogens (tertiary/aromatic N) is 4. The van der Waals surface area contributed by atoms with Crippen LogP contribution >= 0.6 is 23.2 Å². The second-order valence-electron chi connectivity index (χ2n) is 9.34. The minimum Gasteiger partial charge on any atom is -0.326 e. The second kappa shape index (κ2) is 8.20. The van der Waals surface area contributed by atoms with Gasteiger partial charge in [0, 0.05) is 59.1 Å². The highest BCUT2D eigenvalue weighted by Crippen LogP contribution is 2.30. The molecule has 6 rings (SSSR count). The summed E-state index contributed by atoms with van der Waals surface area (Å²) in [5.74, 6) is -0.0689. The van der Waals surface area contributed by atoms with Crippen LogP contribution in [0.15, 0.2) is 48.5 Å². The maximum atomic E-state index is 14.3. The van der Waals surface area contributed by atoms with Crippen molar-refractivity contribution in [2.45, 2.75) is 24.9 Å². The van der Waals surface area contributed by atoms with Crippen LogP contribution in [0.25, 0.3) is 21.8 Å². The maximum Gasteiger partial charge on any atom is 0.229 e. The van der Waals surface area contributed by atoms with Crippen LogP contribution in [0.4, 0.5) is 0 Å². The van der Waals surface area contributed by atoms with E-state index in [2.05, 4.69) is 10.0 Å². The Bertz CT molecular complexity index is 1320. The molecule has 2 saturated heterocycles. The van der Waals surface area contributed by atoms with Crippen molar-refractivity contribution in [3.8, 4) is 0 Å². The van der Waals surface area contributed by atoms with Crippen molar-refractivity contribution in [3.63, 3.8) is 0 Å². The summed E-state index contributed by atoms with van der Waals surface area (Å²) in [6.45, 7) is 2.94. The van der Waals surface area contributed by atoms with Gasteiger partial charge in [-0.3, -0.25) is 14.1 Å². The molecule has 2 fully saturated rings. The number of ketones is 1. The van der Waals surface area contributed by atoms with E-state index in [9.17, 15) is 4.79 Å². The fourth-order valence-corrected chi connectivity index (χ4v) is 5.67. The first-order valence-corrected chi connectivity index (χ1v) is 12.3. The Kier molecular flexibility index (Phi) is 5.26. The largest absolute Gasteiger partial charge is 0.326 e. The molecule has 2 atom stereocenters. The summed E-state index contributed by atoms with van der Waals surface area (Å²) in [4.78, 5) is 14.3. The molecule has 2 unspecified atom stereocenters. The van der Waals surface area contributed by atoms with Crippen LogP contribution in [-0.2, 0) is 0 Å². The number of carbonyl (C=O) groups excluding carboxylic acids is 1. The molecule has 176 valence electrons. The molecule has 4 heterocycles. The highest BCUT2D eigenvalue weighted by molar-refractivity contribution is 6.31. The molecule has 0 aliphatic carbocycles. The number of aromatic nitrogens is 2. The molecule has 2 aliphatic rings. The molecule has 2 aliphatic heterocycles. The number of rotatable bonds is 4. The lowest BCUT2D eigenvalue weighted by molar-refractivity contribution is 0.102. The van der Waals surface area contributed by atoms with Crippen molar-refractivity contribution >= 4 is 50.8 Å². The third-order valence-corrected chi connectivity index (χ3v) is 7.38. The third-order valence-electron chi connectivity index (χ3n) is 6.91. The predicted octanol–water partition coefficient (Wildman–Crippen LogP) is 3.47. The summed E-state index contributed by atoms with van der Waals surface area (Å²) in [6, 6.07) is 15.4. The van der Waals surface area contributed by atoms with Gasteiger partial charge in [0.15, 0.2) is 0 Å². The summed E-state index contributed by atoms with van der Waals surface area (Å²) < 4.78 is 4.04. The number of fused-ring (bicyclic) bond motifs is 2. The monoisotopic (exact) mass is 496 g/mol. The molecule has 0 radical (unpaired) electrons. The molecule has 0 amide bonds. The quantitative estimate of drug-likeness (QED) is 0.422. The Morgan fingerprint density at radius 2 is 1.18 bits per heavy atom. The number of nitrogens with two attached hydrogens (primary N) is 2. The highest BCUT2D eigenvalue weighted by Gasteiger charge is 2.30. The zero-order valence-electron chi connectivity index (χ0n) is 18.6. The average Bonchev–Trinajstić information content (AvgIpc) is 3.57. The van der Waals surface area contributed by atoms with Gasteiger partial charge >= 0.3 is 0 Å². The summed E-state index contributed by atoms with van der Waals surface area (Å²) in [7, 11) is 0. The molecule has 4 N–H and O–H groups in total. The zero-order valence-corrected chi connectivity index (χ0v) is 20.1. The molecular formula is C25H26Cl2N6O. The number of halogens is 2. The Morgan fingerprint density at radius 3 is 1.56 bits per heavy atom. The van der Waals surface area contributed by atoms with Gasteiger partial charge in [-0.25, -0.2) is 0 Å². The lowest BCUT2D eigenvalue weighted by Gasteiger charge is -2.26. The van der Waals surface area contributed by atoms with E-state index in [1.807, 2.05) is 57.9 Å². The number of hydrogen-bond acceptors (Lipinski definition) is 5. The van der Waals surface area contributed by atoms with E-state index in [0.29, 0.717) is 34.5 Å². The van der Waals surface area contributed by atoms with Gasteiger partial charge in [0.05, 0.1) is 11.0 Å². The maximum absolute atomic E-state index is 14.3. The lowest BCUT2D eigenvalue weighted by atomic mass is 10.2. The zero-order chi connectivity index (χ0) is 23.6. The summed E-state index contributed by atoms with van der Waals surface area (Å²) in [6.07, 6.45) is 1.76. The smallest absolute Gasteiger partial charge is 0.229 e. The van der Waals surface area contributed by atoms with E-state index in [1.54, 1.807) is 0 Å². The predicted molar refractivity (Wildman–Crippen MR) is 138 cm³/mol. The van der Waals surface area contributed by atoms with Crippen LogP contribution in [0, 0.1) is 0 Å². The molecule has 2 aromatic carbocycles. The topological polar surface area (TPSA) is 85.5 Å². The first kappa shape index (κ1) is 21.8. The molecule has 0 spiro atoms. The lowest BCUT2D eigenvalue weighted by Crippen LogP contribution is -2.39. The fourth-order valence-electron chi connectivity index (χ4n) is 5.31.